The highest BCUT2D eigenvalue weighted by molar-refractivity contribution is 6.02. The fraction of sp³-hybridized carbons (Fsp3) is 0.333. The van der Waals surface area contributed by atoms with Crippen LogP contribution in [-0.4, -0.2) is 22.4 Å². The number of hydrogen-bond donors (Lipinski definition) is 1. The molecule has 0 aliphatic heterocycles. The fourth-order valence-electron chi connectivity index (χ4n) is 3.09. The quantitative estimate of drug-likeness (QED) is 0.544. The highest BCUT2D eigenvalue weighted by Gasteiger charge is 2.30. The second-order valence-electron chi connectivity index (χ2n) is 8.50. The lowest BCUT2D eigenvalue weighted by Gasteiger charge is -2.36. The Labute approximate surface area is 176 Å². The molecule has 0 heterocycles. The van der Waals surface area contributed by atoms with E-state index < -0.39 is 23.1 Å². The van der Waals surface area contributed by atoms with Gasteiger partial charge in [-0.25, -0.2) is 13.8 Å². The van der Waals surface area contributed by atoms with Gasteiger partial charge in [-0.3, -0.25) is 15.0 Å². The lowest BCUT2D eigenvalue weighted by atomic mass is 10.0. The van der Waals surface area contributed by atoms with Gasteiger partial charge in [-0.05, 0) is 84.4 Å². The summed E-state index contributed by atoms with van der Waals surface area (Å²) in [4.78, 5) is 26.1. The van der Waals surface area contributed by atoms with E-state index in [4.69, 9.17) is 0 Å². The van der Waals surface area contributed by atoms with Crippen molar-refractivity contribution in [3.63, 3.8) is 0 Å². The molecule has 0 spiro atoms. The Morgan fingerprint density at radius 1 is 0.933 bits per heavy atom. The van der Waals surface area contributed by atoms with Gasteiger partial charge in [0.25, 0.3) is 11.8 Å². The number of carbonyl (C=O) groups is 2. The van der Waals surface area contributed by atoms with Crippen molar-refractivity contribution in [3.8, 4) is 0 Å². The summed E-state index contributed by atoms with van der Waals surface area (Å²) in [5.74, 6) is -2.14. The van der Waals surface area contributed by atoms with Gasteiger partial charge in [0.1, 0.15) is 11.6 Å². The molecular formula is C24H28F2N2O2. The molecule has 2 aromatic carbocycles. The van der Waals surface area contributed by atoms with Crippen LogP contribution in [0.3, 0.4) is 0 Å². The molecule has 1 N–H and O–H groups in total. The number of hydrazine groups is 1. The van der Waals surface area contributed by atoms with E-state index in [1.807, 2.05) is 19.9 Å². The Morgan fingerprint density at radius 2 is 1.50 bits per heavy atom. The molecule has 0 aliphatic rings. The third kappa shape index (κ3) is 5.32. The number of amides is 2. The molecule has 0 saturated carbocycles. The molecule has 0 radical (unpaired) electrons. The monoisotopic (exact) mass is 414 g/mol. The van der Waals surface area contributed by atoms with Crippen LogP contribution in [0.25, 0.3) is 5.57 Å². The maximum absolute atomic E-state index is 14.1. The number of nitrogens with zero attached hydrogens (tertiary/aromatic N) is 1. The second-order valence-corrected chi connectivity index (χ2v) is 8.50. The summed E-state index contributed by atoms with van der Waals surface area (Å²) in [6.07, 6.45) is 0. The minimum absolute atomic E-state index is 0.00518. The first-order valence-electron chi connectivity index (χ1n) is 9.68. The zero-order valence-electron chi connectivity index (χ0n) is 18.5. The maximum atomic E-state index is 14.1. The van der Waals surface area contributed by atoms with Crippen molar-refractivity contribution in [1.29, 1.82) is 0 Å². The first-order valence-corrected chi connectivity index (χ1v) is 9.68. The minimum Gasteiger partial charge on any atom is -0.268 e. The van der Waals surface area contributed by atoms with E-state index in [2.05, 4.69) is 5.43 Å². The van der Waals surface area contributed by atoms with E-state index in [1.165, 1.54) is 11.9 Å². The van der Waals surface area contributed by atoms with E-state index in [9.17, 15) is 18.4 Å². The Balaban J connectivity index is 2.40. The molecule has 2 rings (SSSR count). The van der Waals surface area contributed by atoms with E-state index in [0.717, 1.165) is 29.3 Å². The first-order chi connectivity index (χ1) is 13.8. The Morgan fingerprint density at radius 3 is 2.03 bits per heavy atom. The number of halogens is 2. The van der Waals surface area contributed by atoms with E-state index in [-0.39, 0.29) is 22.6 Å². The van der Waals surface area contributed by atoms with E-state index in [1.54, 1.807) is 39.8 Å². The van der Waals surface area contributed by atoms with Crippen LogP contribution in [0.5, 0.6) is 0 Å². The van der Waals surface area contributed by atoms with Gasteiger partial charge in [0, 0.05) is 16.7 Å². The predicted octanol–water partition coefficient (Wildman–Crippen LogP) is 5.35. The van der Waals surface area contributed by atoms with Gasteiger partial charge < -0.3 is 0 Å². The molecular weight excluding hydrogens is 386 g/mol. The summed E-state index contributed by atoms with van der Waals surface area (Å²) >= 11 is 0. The minimum atomic E-state index is -0.720. The molecule has 0 bridgehead atoms. The largest absolute Gasteiger partial charge is 0.272 e. The molecule has 0 unspecified atom stereocenters. The van der Waals surface area contributed by atoms with E-state index >= 15 is 0 Å². The van der Waals surface area contributed by atoms with Crippen LogP contribution in [0, 0.1) is 25.5 Å². The summed E-state index contributed by atoms with van der Waals surface area (Å²) in [6, 6.07) is 8.56. The van der Waals surface area contributed by atoms with Crippen molar-refractivity contribution < 1.29 is 18.4 Å². The van der Waals surface area contributed by atoms with Crippen molar-refractivity contribution in [2.75, 3.05) is 0 Å². The van der Waals surface area contributed by atoms with Gasteiger partial charge in [-0.1, -0.05) is 17.2 Å². The van der Waals surface area contributed by atoms with Gasteiger partial charge in [0.05, 0.1) is 5.54 Å². The number of allylic oxidation sites excluding steroid dienone is 1. The molecule has 160 valence electrons. The lowest BCUT2D eigenvalue weighted by Crippen LogP contribution is -2.56. The van der Waals surface area contributed by atoms with Crippen molar-refractivity contribution in [2.45, 2.75) is 54.0 Å². The average Bonchev–Trinajstić information content (AvgIpc) is 2.64. The average molecular weight is 414 g/mol. The van der Waals surface area contributed by atoms with Crippen LogP contribution >= 0.6 is 0 Å². The van der Waals surface area contributed by atoms with Crippen molar-refractivity contribution >= 4 is 17.4 Å². The Kier molecular flexibility index (Phi) is 6.80. The Bertz CT molecular complexity index is 1000. The number of hydrogen-bond acceptors (Lipinski definition) is 2. The van der Waals surface area contributed by atoms with Gasteiger partial charge in [-0.15, -0.1) is 0 Å². The summed E-state index contributed by atoms with van der Waals surface area (Å²) < 4.78 is 27.7. The highest BCUT2D eigenvalue weighted by atomic mass is 19.1. The smallest absolute Gasteiger partial charge is 0.268 e. The van der Waals surface area contributed by atoms with Crippen LogP contribution in [0.15, 0.2) is 42.0 Å². The number of rotatable bonds is 3. The molecule has 6 heteroatoms. The number of carbonyl (C=O) groups excluding carboxylic acids is 2. The molecule has 30 heavy (non-hydrogen) atoms. The van der Waals surface area contributed by atoms with Gasteiger partial charge in [0.15, 0.2) is 0 Å². The maximum Gasteiger partial charge on any atom is 0.272 e. The predicted molar refractivity (Wildman–Crippen MR) is 115 cm³/mol. The lowest BCUT2D eigenvalue weighted by molar-refractivity contribution is -0.123. The second kappa shape index (κ2) is 8.78. The summed E-state index contributed by atoms with van der Waals surface area (Å²) in [5.41, 5.74) is 4.74. The summed E-state index contributed by atoms with van der Waals surface area (Å²) in [7, 11) is 0. The first kappa shape index (κ1) is 23.3. The third-order valence-corrected chi connectivity index (χ3v) is 4.79. The fourth-order valence-corrected chi connectivity index (χ4v) is 3.09. The number of nitrogens with one attached hydrogen (secondary N) is 1. The summed E-state index contributed by atoms with van der Waals surface area (Å²) in [6.45, 7) is 12.2. The van der Waals surface area contributed by atoms with E-state index in [0.29, 0.717) is 5.56 Å². The highest BCUT2D eigenvalue weighted by Crippen LogP contribution is 2.23. The molecule has 2 aromatic rings. The van der Waals surface area contributed by atoms with Crippen molar-refractivity contribution in [2.24, 2.45) is 0 Å². The molecule has 0 atom stereocenters. The molecule has 2 amide bonds. The van der Waals surface area contributed by atoms with Crippen LogP contribution in [-0.2, 0) is 4.79 Å². The zero-order valence-corrected chi connectivity index (χ0v) is 18.5. The SMILES string of the molecule is C/C(C(=O)NN(C(=O)c1cc(C)cc(C)c1)C(C)(C)C)=C(/C)c1cc(F)ccc1F. The Hall–Kier alpha value is -3.02. The molecule has 0 aromatic heterocycles. The normalized spacial score (nSPS) is 12.3. The van der Waals surface area contributed by atoms with Crippen LogP contribution in [0.1, 0.15) is 61.7 Å². The van der Waals surface area contributed by atoms with Crippen LogP contribution in [0.4, 0.5) is 8.78 Å². The number of aryl methyl sites for hydroxylation is 2. The number of benzene rings is 2. The topological polar surface area (TPSA) is 49.4 Å². The van der Waals surface area contributed by atoms with Crippen LogP contribution in [0.2, 0.25) is 0 Å². The van der Waals surface area contributed by atoms with Crippen molar-refractivity contribution in [3.05, 3.63) is 75.9 Å². The van der Waals surface area contributed by atoms with Crippen molar-refractivity contribution in [1.82, 2.24) is 10.4 Å². The summed E-state index contributed by atoms with van der Waals surface area (Å²) in [5, 5.41) is 1.27. The van der Waals surface area contributed by atoms with Gasteiger partial charge in [-0.2, -0.15) is 0 Å². The zero-order chi connectivity index (χ0) is 22.8. The molecule has 4 nitrogen and oxygen atoms in total. The molecule has 0 aliphatic carbocycles. The molecule has 0 saturated heterocycles. The third-order valence-electron chi connectivity index (χ3n) is 4.79. The standard InChI is InChI=1S/C24H28F2N2O2/c1-14-10-15(2)12-18(11-14)23(30)28(24(5,6)7)27-22(29)17(4)16(3)20-13-19(25)8-9-21(20)26/h8-13H,1-7H3,(H,27,29)/b17-16+. The molecule has 0 fully saturated rings. The van der Waals surface area contributed by atoms with Gasteiger partial charge >= 0.3 is 0 Å². The van der Waals surface area contributed by atoms with Gasteiger partial charge in [0.2, 0.25) is 0 Å². The van der Waals surface area contributed by atoms with Crippen LogP contribution < -0.4 is 5.43 Å².